The number of nitrogens with two attached hydrogens (primary N) is 1. The second-order valence-electron chi connectivity index (χ2n) is 2.51. The van der Waals surface area contributed by atoms with Gasteiger partial charge in [0.05, 0.1) is 11.2 Å². The van der Waals surface area contributed by atoms with Gasteiger partial charge in [0, 0.05) is 4.88 Å². The average molecular weight is 170 g/mol. The van der Waals surface area contributed by atoms with Crippen LogP contribution in [-0.2, 0) is 12.8 Å². The molecule has 1 rings (SSSR count). The van der Waals surface area contributed by atoms with E-state index in [-0.39, 0.29) is 0 Å². The van der Waals surface area contributed by atoms with Gasteiger partial charge in [0.15, 0.2) is 0 Å². The van der Waals surface area contributed by atoms with Crippen LogP contribution in [0.3, 0.4) is 0 Å². The number of hydrogen-bond acceptors (Lipinski definition) is 3. The molecule has 0 unspecified atom stereocenters. The van der Waals surface area contributed by atoms with Gasteiger partial charge in [-0.2, -0.15) is 0 Å². The first-order chi connectivity index (χ1) is 5.38. The summed E-state index contributed by atoms with van der Waals surface area (Å²) in [5.74, 6) is 0. The molecule has 0 bridgehead atoms. The Labute approximate surface area is 71.5 Å². The minimum atomic E-state index is 0.735. The Hall–Kier alpha value is -0.410. The van der Waals surface area contributed by atoms with Gasteiger partial charge in [-0.3, -0.25) is 0 Å². The minimum Gasteiger partial charge on any atom is -0.330 e. The predicted octanol–water partition coefficient (Wildman–Crippen LogP) is 1.60. The summed E-state index contributed by atoms with van der Waals surface area (Å²) in [4.78, 5) is 5.66. The van der Waals surface area contributed by atoms with Gasteiger partial charge in [-0.05, 0) is 19.4 Å². The fourth-order valence-corrected chi connectivity index (χ4v) is 1.90. The van der Waals surface area contributed by atoms with Crippen molar-refractivity contribution < 1.29 is 0 Å². The molecule has 0 aromatic carbocycles. The molecule has 0 aliphatic heterocycles. The van der Waals surface area contributed by atoms with Crippen LogP contribution in [-0.4, -0.2) is 11.5 Å². The molecular formula is C8H14N2S. The number of aromatic nitrogens is 1. The molecule has 0 fully saturated rings. The molecule has 2 nitrogen and oxygen atoms in total. The van der Waals surface area contributed by atoms with Crippen molar-refractivity contribution in [3.63, 3.8) is 0 Å². The third-order valence-electron chi connectivity index (χ3n) is 1.58. The van der Waals surface area contributed by atoms with E-state index >= 15 is 0 Å². The van der Waals surface area contributed by atoms with E-state index < -0.39 is 0 Å². The fourth-order valence-electron chi connectivity index (χ4n) is 1.07. The third kappa shape index (κ3) is 2.27. The zero-order chi connectivity index (χ0) is 8.10. The molecule has 0 saturated carbocycles. The van der Waals surface area contributed by atoms with E-state index in [2.05, 4.69) is 11.9 Å². The van der Waals surface area contributed by atoms with Crippen molar-refractivity contribution in [3.05, 3.63) is 16.1 Å². The molecule has 0 amide bonds. The second-order valence-corrected chi connectivity index (χ2v) is 3.45. The van der Waals surface area contributed by atoms with Gasteiger partial charge in [-0.15, -0.1) is 11.3 Å². The topological polar surface area (TPSA) is 38.9 Å². The Morgan fingerprint density at radius 2 is 2.36 bits per heavy atom. The highest BCUT2D eigenvalue weighted by atomic mass is 32.1. The van der Waals surface area contributed by atoms with Crippen molar-refractivity contribution >= 4 is 11.3 Å². The predicted molar refractivity (Wildman–Crippen MR) is 48.9 cm³/mol. The maximum atomic E-state index is 5.46. The molecule has 62 valence electrons. The lowest BCUT2D eigenvalue weighted by Gasteiger charge is -1.96. The van der Waals surface area contributed by atoms with E-state index in [9.17, 15) is 0 Å². The molecule has 11 heavy (non-hydrogen) atoms. The Bertz CT molecular complexity index is 187. The maximum Gasteiger partial charge on any atom is 0.0797 e. The van der Waals surface area contributed by atoms with Crippen LogP contribution in [0.4, 0.5) is 0 Å². The number of nitrogens with zero attached hydrogens (tertiary/aromatic N) is 1. The van der Waals surface area contributed by atoms with Gasteiger partial charge in [-0.25, -0.2) is 4.98 Å². The molecule has 0 saturated heterocycles. The quantitative estimate of drug-likeness (QED) is 0.745. The van der Waals surface area contributed by atoms with E-state index in [0.717, 1.165) is 19.4 Å². The van der Waals surface area contributed by atoms with Crippen molar-refractivity contribution in [2.75, 3.05) is 6.54 Å². The molecule has 1 aromatic rings. The highest BCUT2D eigenvalue weighted by molar-refractivity contribution is 7.09. The first kappa shape index (κ1) is 8.68. The molecule has 2 N–H and O–H groups in total. The van der Waals surface area contributed by atoms with Crippen LogP contribution in [0.5, 0.6) is 0 Å². The average Bonchev–Trinajstić information content (AvgIpc) is 2.39. The van der Waals surface area contributed by atoms with Crippen LogP contribution in [0.1, 0.15) is 23.9 Å². The molecule has 0 atom stereocenters. The number of rotatable bonds is 4. The minimum absolute atomic E-state index is 0.735. The van der Waals surface area contributed by atoms with Gasteiger partial charge >= 0.3 is 0 Å². The lowest BCUT2D eigenvalue weighted by molar-refractivity contribution is 0.862. The van der Waals surface area contributed by atoms with Gasteiger partial charge < -0.3 is 5.73 Å². The molecule has 0 aliphatic carbocycles. The van der Waals surface area contributed by atoms with E-state index in [0.29, 0.717) is 0 Å². The van der Waals surface area contributed by atoms with E-state index in [1.54, 1.807) is 11.3 Å². The van der Waals surface area contributed by atoms with Crippen molar-refractivity contribution in [3.8, 4) is 0 Å². The third-order valence-corrected chi connectivity index (χ3v) is 2.52. The molecule has 3 heteroatoms. The summed E-state index contributed by atoms with van der Waals surface area (Å²) in [5, 5.41) is 0. The summed E-state index contributed by atoms with van der Waals surface area (Å²) in [6, 6.07) is 0. The van der Waals surface area contributed by atoms with Crippen molar-refractivity contribution in [2.45, 2.75) is 26.2 Å². The zero-order valence-electron chi connectivity index (χ0n) is 6.84. The SMILES string of the molecule is CCCc1ncsc1CCN. The summed E-state index contributed by atoms with van der Waals surface area (Å²) in [5.41, 5.74) is 8.63. The number of hydrogen-bond donors (Lipinski definition) is 1. The second kappa shape index (κ2) is 4.46. The summed E-state index contributed by atoms with van der Waals surface area (Å²) in [6.45, 7) is 2.91. The van der Waals surface area contributed by atoms with E-state index in [4.69, 9.17) is 5.73 Å². The van der Waals surface area contributed by atoms with Crippen LogP contribution in [0, 0.1) is 0 Å². The van der Waals surface area contributed by atoms with Crippen LogP contribution >= 0.6 is 11.3 Å². The Morgan fingerprint density at radius 1 is 1.55 bits per heavy atom. The standard InChI is InChI=1S/C8H14N2S/c1-2-3-7-8(4-5-9)11-6-10-7/h6H,2-5,9H2,1H3. The molecule has 0 radical (unpaired) electrons. The van der Waals surface area contributed by atoms with E-state index in [1.807, 2.05) is 5.51 Å². The first-order valence-electron chi connectivity index (χ1n) is 3.99. The Morgan fingerprint density at radius 3 is 3.00 bits per heavy atom. The fraction of sp³-hybridized carbons (Fsp3) is 0.625. The first-order valence-corrected chi connectivity index (χ1v) is 4.87. The van der Waals surface area contributed by atoms with Crippen molar-refractivity contribution in [2.24, 2.45) is 5.73 Å². The van der Waals surface area contributed by atoms with Gasteiger partial charge in [-0.1, -0.05) is 13.3 Å². The lowest BCUT2D eigenvalue weighted by Crippen LogP contribution is -2.03. The van der Waals surface area contributed by atoms with Crippen LogP contribution in [0.2, 0.25) is 0 Å². The van der Waals surface area contributed by atoms with Crippen LogP contribution in [0.25, 0.3) is 0 Å². The number of thiazole rings is 1. The smallest absolute Gasteiger partial charge is 0.0797 e. The zero-order valence-corrected chi connectivity index (χ0v) is 7.66. The molecule has 0 spiro atoms. The Balaban J connectivity index is 2.62. The van der Waals surface area contributed by atoms with Gasteiger partial charge in [0.1, 0.15) is 0 Å². The summed E-state index contributed by atoms with van der Waals surface area (Å²) < 4.78 is 0. The number of aryl methyl sites for hydroxylation is 1. The van der Waals surface area contributed by atoms with Crippen molar-refractivity contribution in [1.82, 2.24) is 4.98 Å². The Kier molecular flexibility index (Phi) is 3.52. The molecule has 1 heterocycles. The van der Waals surface area contributed by atoms with Crippen molar-refractivity contribution in [1.29, 1.82) is 0 Å². The monoisotopic (exact) mass is 170 g/mol. The van der Waals surface area contributed by atoms with Gasteiger partial charge in [0.25, 0.3) is 0 Å². The summed E-state index contributed by atoms with van der Waals surface area (Å²) in [6.07, 6.45) is 3.25. The van der Waals surface area contributed by atoms with Gasteiger partial charge in [0.2, 0.25) is 0 Å². The maximum absolute atomic E-state index is 5.46. The van der Waals surface area contributed by atoms with Crippen LogP contribution < -0.4 is 5.73 Å². The highest BCUT2D eigenvalue weighted by Crippen LogP contribution is 2.14. The molecule has 0 aliphatic rings. The summed E-state index contributed by atoms with van der Waals surface area (Å²) >= 11 is 1.72. The molecule has 1 aromatic heterocycles. The van der Waals surface area contributed by atoms with E-state index in [1.165, 1.54) is 17.0 Å². The highest BCUT2D eigenvalue weighted by Gasteiger charge is 2.02. The molecular weight excluding hydrogens is 156 g/mol. The van der Waals surface area contributed by atoms with Crippen LogP contribution in [0.15, 0.2) is 5.51 Å². The lowest BCUT2D eigenvalue weighted by atomic mass is 10.2. The summed E-state index contributed by atoms with van der Waals surface area (Å²) in [7, 11) is 0. The normalized spacial score (nSPS) is 10.4. The largest absolute Gasteiger partial charge is 0.330 e.